The van der Waals surface area contributed by atoms with Crippen LogP contribution >= 0.6 is 11.3 Å². The van der Waals surface area contributed by atoms with E-state index in [-0.39, 0.29) is 4.21 Å². The van der Waals surface area contributed by atoms with E-state index in [4.69, 9.17) is 5.14 Å². The Kier molecular flexibility index (Phi) is 3.83. The van der Waals surface area contributed by atoms with Gasteiger partial charge in [-0.1, -0.05) is 29.5 Å². The van der Waals surface area contributed by atoms with Crippen LogP contribution in [0.1, 0.15) is 6.42 Å². The van der Waals surface area contributed by atoms with Crippen LogP contribution < -0.4 is 15.4 Å². The van der Waals surface area contributed by atoms with Gasteiger partial charge in [-0.15, -0.1) is 0 Å². The molecule has 6 nitrogen and oxygen atoms in total. The number of aromatic nitrogens is 1. The number of hydrogen-bond donors (Lipinski definition) is 2. The number of benzene rings is 1. The first kappa shape index (κ1) is 14.3. The number of nitrogens with one attached hydrogen (secondary N) is 1. The van der Waals surface area contributed by atoms with Gasteiger partial charge in [0.05, 0.1) is 6.20 Å². The molecule has 0 radical (unpaired) electrons. The van der Waals surface area contributed by atoms with Gasteiger partial charge in [-0.25, -0.2) is 18.5 Å². The molecule has 1 fully saturated rings. The zero-order valence-electron chi connectivity index (χ0n) is 11.3. The van der Waals surface area contributed by atoms with E-state index < -0.39 is 10.0 Å². The van der Waals surface area contributed by atoms with Crippen LogP contribution in [0.3, 0.4) is 0 Å². The van der Waals surface area contributed by atoms with Crippen molar-refractivity contribution in [1.82, 2.24) is 4.98 Å². The lowest BCUT2D eigenvalue weighted by Gasteiger charge is -2.16. The Morgan fingerprint density at radius 3 is 2.76 bits per heavy atom. The van der Waals surface area contributed by atoms with Gasteiger partial charge < -0.3 is 10.2 Å². The third-order valence-corrected chi connectivity index (χ3v) is 5.82. The van der Waals surface area contributed by atoms with Gasteiger partial charge in [0.1, 0.15) is 0 Å². The van der Waals surface area contributed by atoms with Gasteiger partial charge in [-0.05, 0) is 18.6 Å². The lowest BCUT2D eigenvalue weighted by Crippen LogP contribution is -2.25. The molecule has 8 heteroatoms. The summed E-state index contributed by atoms with van der Waals surface area (Å²) in [4.78, 5) is 6.25. The number of nitrogens with two attached hydrogens (primary N) is 1. The number of hydrogen-bond acceptors (Lipinski definition) is 6. The van der Waals surface area contributed by atoms with Crippen LogP contribution in [0.4, 0.5) is 10.8 Å². The molecule has 1 unspecified atom stereocenters. The van der Waals surface area contributed by atoms with Crippen LogP contribution in [0.2, 0.25) is 0 Å². The molecular weight excluding hydrogens is 308 g/mol. The maximum Gasteiger partial charge on any atom is 0.249 e. The fourth-order valence-electron chi connectivity index (χ4n) is 2.35. The maximum atomic E-state index is 11.3. The second-order valence-corrected chi connectivity index (χ2v) is 7.75. The molecule has 112 valence electrons. The highest BCUT2D eigenvalue weighted by Crippen LogP contribution is 2.28. The molecule has 1 aromatic carbocycles. The Labute approximate surface area is 127 Å². The minimum absolute atomic E-state index is 0.108. The summed E-state index contributed by atoms with van der Waals surface area (Å²) in [5.74, 6) is 0. The maximum absolute atomic E-state index is 11.3. The third-order valence-electron chi connectivity index (χ3n) is 3.36. The van der Waals surface area contributed by atoms with Crippen molar-refractivity contribution in [2.75, 3.05) is 23.3 Å². The quantitative estimate of drug-likeness (QED) is 0.889. The molecule has 0 aliphatic carbocycles. The minimum Gasteiger partial charge on any atom is -0.380 e. The molecule has 21 heavy (non-hydrogen) atoms. The third kappa shape index (κ3) is 3.34. The molecule has 1 aromatic heterocycles. The molecule has 1 aliphatic heterocycles. The van der Waals surface area contributed by atoms with E-state index in [2.05, 4.69) is 15.2 Å². The second-order valence-electron chi connectivity index (χ2n) is 4.95. The van der Waals surface area contributed by atoms with E-state index in [1.165, 1.54) is 6.20 Å². The van der Waals surface area contributed by atoms with Gasteiger partial charge in [0.2, 0.25) is 10.0 Å². The Balaban J connectivity index is 1.66. The highest BCUT2D eigenvalue weighted by molar-refractivity contribution is 7.91. The number of anilines is 2. The minimum atomic E-state index is -3.66. The van der Waals surface area contributed by atoms with Crippen LogP contribution in [0.5, 0.6) is 0 Å². The fraction of sp³-hybridized carbons (Fsp3) is 0.308. The molecule has 0 saturated carbocycles. The normalized spacial score (nSPS) is 18.9. The molecule has 3 N–H and O–H groups in total. The topological polar surface area (TPSA) is 88.3 Å². The van der Waals surface area contributed by atoms with E-state index in [0.717, 1.165) is 36.5 Å². The van der Waals surface area contributed by atoms with Gasteiger partial charge in [0.15, 0.2) is 9.34 Å². The van der Waals surface area contributed by atoms with Crippen molar-refractivity contribution in [2.24, 2.45) is 5.14 Å². The first-order valence-electron chi connectivity index (χ1n) is 6.57. The number of rotatable bonds is 4. The molecule has 0 amide bonds. The Hall–Kier alpha value is -1.64. The number of sulfonamides is 1. The van der Waals surface area contributed by atoms with Crippen molar-refractivity contribution in [3.63, 3.8) is 0 Å². The van der Waals surface area contributed by atoms with E-state index in [1.54, 1.807) is 0 Å². The van der Waals surface area contributed by atoms with Crippen molar-refractivity contribution in [2.45, 2.75) is 16.7 Å². The van der Waals surface area contributed by atoms with Crippen LogP contribution in [-0.2, 0) is 10.0 Å². The lowest BCUT2D eigenvalue weighted by molar-refractivity contribution is 0.599. The largest absolute Gasteiger partial charge is 0.380 e. The van der Waals surface area contributed by atoms with E-state index >= 15 is 0 Å². The van der Waals surface area contributed by atoms with Crippen LogP contribution in [0.25, 0.3) is 0 Å². The first-order chi connectivity index (χ1) is 10.0. The zero-order chi connectivity index (χ0) is 14.9. The van der Waals surface area contributed by atoms with Gasteiger partial charge >= 0.3 is 0 Å². The Bertz CT molecular complexity index is 715. The number of para-hydroxylation sites is 1. The van der Waals surface area contributed by atoms with Crippen molar-refractivity contribution in [3.8, 4) is 0 Å². The van der Waals surface area contributed by atoms with Crippen LogP contribution in [0, 0.1) is 0 Å². The number of primary sulfonamides is 1. The van der Waals surface area contributed by atoms with Gasteiger partial charge in [0, 0.05) is 24.8 Å². The average molecular weight is 324 g/mol. The summed E-state index contributed by atoms with van der Waals surface area (Å²) in [7, 11) is -3.66. The van der Waals surface area contributed by atoms with Crippen LogP contribution in [0.15, 0.2) is 40.7 Å². The lowest BCUT2D eigenvalue weighted by atomic mass is 10.2. The highest BCUT2D eigenvalue weighted by Gasteiger charge is 2.25. The molecule has 2 heterocycles. The average Bonchev–Trinajstić information content (AvgIpc) is 3.07. The molecule has 1 aliphatic rings. The fourth-order valence-corrected chi connectivity index (χ4v) is 3.92. The molecule has 0 spiro atoms. The summed E-state index contributed by atoms with van der Waals surface area (Å²) >= 11 is 1.12. The molecule has 2 aromatic rings. The van der Waals surface area contributed by atoms with Gasteiger partial charge in [-0.2, -0.15) is 0 Å². The van der Waals surface area contributed by atoms with E-state index in [1.807, 2.05) is 30.3 Å². The number of thiazole rings is 1. The predicted molar refractivity (Wildman–Crippen MR) is 84.2 cm³/mol. The predicted octanol–water partition coefficient (Wildman–Crippen LogP) is 1.48. The van der Waals surface area contributed by atoms with Crippen molar-refractivity contribution < 1.29 is 8.42 Å². The van der Waals surface area contributed by atoms with Gasteiger partial charge in [0.25, 0.3) is 0 Å². The first-order valence-corrected chi connectivity index (χ1v) is 8.94. The van der Waals surface area contributed by atoms with Crippen LogP contribution in [-0.4, -0.2) is 32.5 Å². The SMILES string of the molecule is NS(=O)(=O)c1cnc(N2CCC(Nc3ccccc3)C2)s1. The summed E-state index contributed by atoms with van der Waals surface area (Å²) in [5.41, 5.74) is 1.09. The van der Waals surface area contributed by atoms with E-state index in [0.29, 0.717) is 11.2 Å². The Morgan fingerprint density at radius 2 is 2.10 bits per heavy atom. The summed E-state index contributed by atoms with van der Waals surface area (Å²) in [6, 6.07) is 10.4. The van der Waals surface area contributed by atoms with Gasteiger partial charge in [-0.3, -0.25) is 0 Å². The highest BCUT2D eigenvalue weighted by atomic mass is 32.2. The zero-order valence-corrected chi connectivity index (χ0v) is 12.9. The molecule has 0 bridgehead atoms. The molecule has 1 atom stereocenters. The molecule has 3 rings (SSSR count). The van der Waals surface area contributed by atoms with Crippen molar-refractivity contribution >= 4 is 32.2 Å². The second kappa shape index (κ2) is 5.63. The summed E-state index contributed by atoms with van der Waals surface area (Å²) in [6.07, 6.45) is 2.31. The summed E-state index contributed by atoms with van der Waals surface area (Å²) < 4.78 is 22.7. The molecular formula is C13H16N4O2S2. The summed E-state index contributed by atoms with van der Waals surface area (Å²) in [5, 5.41) is 9.28. The number of nitrogens with zero attached hydrogens (tertiary/aromatic N) is 2. The van der Waals surface area contributed by atoms with E-state index in [9.17, 15) is 8.42 Å². The smallest absolute Gasteiger partial charge is 0.249 e. The summed E-state index contributed by atoms with van der Waals surface area (Å²) in [6.45, 7) is 1.65. The van der Waals surface area contributed by atoms with Crippen molar-refractivity contribution in [3.05, 3.63) is 36.5 Å². The molecule has 1 saturated heterocycles. The Morgan fingerprint density at radius 1 is 1.33 bits per heavy atom. The van der Waals surface area contributed by atoms with Crippen molar-refractivity contribution in [1.29, 1.82) is 0 Å². The monoisotopic (exact) mass is 324 g/mol. The standard InChI is InChI=1S/C13H16N4O2S2/c14-21(18,19)12-8-15-13(20-12)17-7-6-11(9-17)16-10-4-2-1-3-5-10/h1-5,8,11,16H,6-7,9H2,(H2,14,18,19).